The molecule has 27 heteroatoms. The maximum absolute atomic E-state index is 10.7. The fourth-order valence-electron chi connectivity index (χ4n) is 6.14. The number of pyridine rings is 8. The molecule has 0 saturated heterocycles. The zero-order chi connectivity index (χ0) is 50.9. The first-order valence-corrected chi connectivity index (χ1v) is 30.3. The van der Waals surface area contributed by atoms with Crippen LogP contribution in [-0.4, -0.2) is 64.5 Å². The van der Waals surface area contributed by atoms with Gasteiger partial charge in [-0.3, -0.25) is 39.9 Å². The molecule has 71 heavy (non-hydrogen) atoms. The first-order valence-electron chi connectivity index (χ1n) is 20.2. The van der Waals surface area contributed by atoms with Gasteiger partial charge in [-0.2, -0.15) is 0 Å². The number of nitrogens with zero attached hydrogens (tertiary/aromatic N) is 8. The zero-order valence-corrected chi connectivity index (χ0v) is 44.1. The quantitative estimate of drug-likeness (QED) is 0.0784. The molecule has 0 aliphatic carbocycles. The van der Waals surface area contributed by atoms with Gasteiger partial charge in [0.05, 0.1) is 0 Å². The molecular weight excluding hydrogens is 1250 g/mol. The topological polar surface area (TPSA) is 103 Å². The van der Waals surface area contributed by atoms with Crippen LogP contribution in [0.4, 0.5) is 50.4 Å². The number of aromatic nitrogens is 8. The summed E-state index contributed by atoms with van der Waals surface area (Å²) in [4.78, 5) is 34.8. The summed E-state index contributed by atoms with van der Waals surface area (Å²) >= 11 is 0. The zero-order valence-electron chi connectivity index (χ0n) is 36.4. The van der Waals surface area contributed by atoms with Crippen LogP contribution in [0.5, 0.6) is 0 Å². The van der Waals surface area contributed by atoms with Crippen molar-refractivity contribution in [2.45, 2.75) is 0 Å². The molecule has 0 aliphatic rings. The monoisotopic (exact) mass is 1290 g/mol. The van der Waals surface area contributed by atoms with Crippen LogP contribution >= 0.6 is 47.3 Å². The molecule has 0 aromatic carbocycles. The normalized spacial score (nSPS) is 13.3. The van der Waals surface area contributed by atoms with Crippen LogP contribution in [0.3, 0.4) is 0 Å². The van der Waals surface area contributed by atoms with Gasteiger partial charge in [0.25, 0.3) is 0 Å². The van der Waals surface area contributed by atoms with Crippen molar-refractivity contribution in [3.63, 3.8) is 0 Å². The summed E-state index contributed by atoms with van der Waals surface area (Å²) in [5.74, 6) is 0. The second kappa shape index (κ2) is 24.6. The van der Waals surface area contributed by atoms with E-state index in [0.29, 0.717) is 0 Å². The molecule has 8 aromatic heterocycles. The van der Waals surface area contributed by atoms with E-state index in [9.17, 15) is 50.4 Å². The van der Waals surface area contributed by atoms with Gasteiger partial charge >= 0.3 is 87.0 Å². The standard InChI is InChI=1S/2C22H20N4P2.2F6P.Pt/c2*1-5-19(15-23-9-1)27(20-6-2-10-24-16-20)13-14-28(21-7-3-11-25-17-21)22-8-4-12-26-18-22;2*1-7(2,3,4,5)6;/h2*1-12,15-18H,13-14H2;;;/q;;2*-1;+2. The molecule has 380 valence electrons. The van der Waals surface area contributed by atoms with Crippen molar-refractivity contribution in [3.8, 4) is 0 Å². The minimum absolute atomic E-state index is 0. The molecule has 8 heterocycles. The van der Waals surface area contributed by atoms with E-state index in [1.165, 1.54) is 42.4 Å². The Labute approximate surface area is 419 Å². The van der Waals surface area contributed by atoms with Gasteiger partial charge in [-0.1, -0.05) is 48.5 Å². The Morgan fingerprint density at radius 2 is 0.366 bits per heavy atom. The largest absolute Gasteiger partial charge is 2.00 e. The van der Waals surface area contributed by atoms with E-state index in [-0.39, 0.29) is 21.1 Å². The summed E-state index contributed by atoms with van der Waals surface area (Å²) in [5.41, 5.74) is 0. The molecule has 8 rings (SSSR count). The van der Waals surface area contributed by atoms with Crippen molar-refractivity contribution in [3.05, 3.63) is 196 Å². The molecule has 0 fully saturated rings. The molecule has 0 unspecified atom stereocenters. The minimum Gasteiger partial charge on any atom is -0.264 e. The Balaban J connectivity index is 0.000000241. The Hall–Kier alpha value is -4.37. The molecule has 0 amide bonds. The Morgan fingerprint density at radius 3 is 0.451 bits per heavy atom. The third-order valence-corrected chi connectivity index (χ3v) is 19.2. The number of hydrogen-bond acceptors (Lipinski definition) is 8. The van der Waals surface area contributed by atoms with Gasteiger partial charge < -0.3 is 0 Å². The number of hydrogen-bond donors (Lipinski definition) is 0. The number of rotatable bonds is 14. The van der Waals surface area contributed by atoms with Crippen LogP contribution < -0.4 is 42.4 Å². The van der Waals surface area contributed by atoms with Gasteiger partial charge in [-0.25, -0.2) is 0 Å². The maximum Gasteiger partial charge on any atom is 2.00 e. The van der Waals surface area contributed by atoms with Crippen LogP contribution in [-0.2, 0) is 21.1 Å². The predicted molar refractivity (Wildman–Crippen MR) is 265 cm³/mol. The molecule has 8 aromatic rings. The van der Waals surface area contributed by atoms with Gasteiger partial charge in [-0.15, -0.1) is 0 Å². The molecule has 8 nitrogen and oxygen atoms in total. The Kier molecular flexibility index (Phi) is 20.5. The summed E-state index contributed by atoms with van der Waals surface area (Å²) in [7, 11) is -23.4. The first-order chi connectivity index (χ1) is 32.7. The average molecular weight is 1290 g/mol. The predicted octanol–water partition coefficient (Wildman–Crippen LogP) is 12.4. The van der Waals surface area contributed by atoms with Gasteiger partial charge in [-0.05, 0) is 147 Å². The van der Waals surface area contributed by atoms with Crippen molar-refractivity contribution in [2.24, 2.45) is 0 Å². The summed E-state index contributed by atoms with van der Waals surface area (Å²) in [6.07, 6.45) is 34.9. The fraction of sp³-hybridized carbons (Fsp3) is 0.0909. The fourth-order valence-corrected chi connectivity index (χ4v) is 16.4. The van der Waals surface area contributed by atoms with E-state index in [4.69, 9.17) is 0 Å². The average Bonchev–Trinajstić information content (AvgIpc) is 3.32. The molecule has 0 saturated carbocycles. The third-order valence-electron chi connectivity index (χ3n) is 8.76. The van der Waals surface area contributed by atoms with Crippen molar-refractivity contribution < 1.29 is 71.4 Å². The van der Waals surface area contributed by atoms with Gasteiger partial charge in [0, 0.05) is 99.1 Å². The summed E-state index contributed by atoms with van der Waals surface area (Å²) in [5, 5.41) is 10.3. The van der Waals surface area contributed by atoms with Crippen LogP contribution in [0.15, 0.2) is 196 Å². The van der Waals surface area contributed by atoms with Crippen LogP contribution in [0.1, 0.15) is 0 Å². The summed E-state index contributed by atoms with van der Waals surface area (Å²) < 4.78 is 118. The van der Waals surface area contributed by atoms with Crippen molar-refractivity contribution in [1.82, 2.24) is 39.9 Å². The Bertz CT molecular complexity index is 2230. The maximum atomic E-state index is 9.87. The van der Waals surface area contributed by atoms with Crippen LogP contribution in [0, 0.1) is 0 Å². The summed E-state index contributed by atoms with van der Waals surface area (Å²) in [6.45, 7) is 0. The molecule has 0 bridgehead atoms. The minimum atomic E-state index is -10.7. The van der Waals surface area contributed by atoms with Gasteiger partial charge in [0.2, 0.25) is 0 Å². The van der Waals surface area contributed by atoms with E-state index in [1.807, 2.05) is 148 Å². The Morgan fingerprint density at radius 1 is 0.254 bits per heavy atom. The van der Waals surface area contributed by atoms with E-state index in [2.05, 4.69) is 88.4 Å². The van der Waals surface area contributed by atoms with E-state index in [0.717, 1.165) is 24.6 Å². The molecule has 0 aliphatic heterocycles. The summed E-state index contributed by atoms with van der Waals surface area (Å²) in [6, 6.07) is 33.6. The van der Waals surface area contributed by atoms with E-state index >= 15 is 0 Å². The van der Waals surface area contributed by atoms with Crippen LogP contribution in [0.25, 0.3) is 0 Å². The molecule has 0 atom stereocenters. The molecular formula is C44H40F12N8P6Pt. The first kappa shape index (κ1) is 59.2. The van der Waals surface area contributed by atoms with Crippen molar-refractivity contribution in [2.75, 3.05) is 24.6 Å². The molecule has 0 spiro atoms. The second-order valence-corrected chi connectivity index (χ2v) is 27.4. The SMILES string of the molecule is F[P-](F)(F)(F)(F)F.F[P-](F)(F)(F)(F)F.[Pt+2].c1cncc(P(CCP(c2cccnc2)c2cccnc2)c2cccnc2)c1.c1cncc(P(CCP(c2cccnc2)c2cccnc2)c2cccnc2)c1. The van der Waals surface area contributed by atoms with Crippen molar-refractivity contribution in [1.29, 1.82) is 0 Å². The van der Waals surface area contributed by atoms with Crippen molar-refractivity contribution >= 4 is 89.7 Å². The molecule has 0 N–H and O–H groups in total. The van der Waals surface area contributed by atoms with Gasteiger partial charge in [0.15, 0.2) is 0 Å². The number of halogens is 12. The van der Waals surface area contributed by atoms with Gasteiger partial charge in [0.1, 0.15) is 0 Å². The molecule has 0 radical (unpaired) electrons. The second-order valence-electron chi connectivity index (χ2n) is 14.2. The van der Waals surface area contributed by atoms with Crippen LogP contribution in [0.2, 0.25) is 0 Å². The smallest absolute Gasteiger partial charge is 0.264 e. The van der Waals surface area contributed by atoms with E-state index < -0.39 is 47.3 Å². The third kappa shape index (κ3) is 25.7. The van der Waals surface area contributed by atoms with E-state index in [1.54, 1.807) is 0 Å².